The van der Waals surface area contributed by atoms with Crippen LogP contribution in [0.15, 0.2) is 40.1 Å². The highest BCUT2D eigenvalue weighted by Crippen LogP contribution is 2.31. The summed E-state index contributed by atoms with van der Waals surface area (Å²) in [6.45, 7) is 4.07. The van der Waals surface area contributed by atoms with Gasteiger partial charge in [0.1, 0.15) is 11.5 Å². The summed E-state index contributed by atoms with van der Waals surface area (Å²) in [6.07, 6.45) is 3.57. The van der Waals surface area contributed by atoms with E-state index in [2.05, 4.69) is 44.0 Å². The smallest absolute Gasteiger partial charge is 0.411 e. The van der Waals surface area contributed by atoms with E-state index in [1.54, 1.807) is 5.01 Å². The topological polar surface area (TPSA) is 121 Å². The maximum Gasteiger partial charge on any atom is 0.411 e. The van der Waals surface area contributed by atoms with Crippen LogP contribution < -0.4 is 21.0 Å². The fraction of sp³-hybridized carbons (Fsp3) is 0.478. The molecule has 2 fully saturated rings. The molecule has 3 heterocycles. The van der Waals surface area contributed by atoms with Crippen LogP contribution in [0.25, 0.3) is 0 Å². The molecule has 1 aliphatic carbocycles. The van der Waals surface area contributed by atoms with Crippen LogP contribution in [0.5, 0.6) is 0 Å². The molecule has 178 valence electrons. The molecule has 11 nitrogen and oxygen atoms in total. The minimum atomic E-state index is -0.517. The second-order valence-electron chi connectivity index (χ2n) is 8.86. The van der Waals surface area contributed by atoms with E-state index in [1.165, 1.54) is 7.11 Å². The van der Waals surface area contributed by atoms with Crippen molar-refractivity contribution in [2.75, 3.05) is 62.4 Å². The zero-order chi connectivity index (χ0) is 23.7. The Morgan fingerprint density at radius 2 is 2.09 bits per heavy atom. The minimum Gasteiger partial charge on any atom is -0.453 e. The number of amidine groups is 1. The van der Waals surface area contributed by atoms with Crippen LogP contribution in [0.4, 0.5) is 21.9 Å². The fourth-order valence-electron chi connectivity index (χ4n) is 4.19. The van der Waals surface area contributed by atoms with Crippen molar-refractivity contribution in [3.8, 4) is 6.07 Å². The average molecular weight is 464 g/mol. The number of rotatable bonds is 5. The first-order valence-corrected chi connectivity index (χ1v) is 11.5. The molecule has 0 bridgehead atoms. The van der Waals surface area contributed by atoms with E-state index in [9.17, 15) is 10.1 Å². The van der Waals surface area contributed by atoms with Gasteiger partial charge in [-0.3, -0.25) is 20.7 Å². The molecule has 0 spiro atoms. The van der Waals surface area contributed by atoms with Crippen molar-refractivity contribution in [2.24, 2.45) is 9.98 Å². The Hall–Kier alpha value is -3.78. The van der Waals surface area contributed by atoms with Gasteiger partial charge in [-0.15, -0.1) is 0 Å². The van der Waals surface area contributed by atoms with Gasteiger partial charge in [0.05, 0.1) is 37.1 Å². The number of amides is 1. The number of piperazine rings is 1. The number of aliphatic imine (C=N–C) groups is 2. The summed E-state index contributed by atoms with van der Waals surface area (Å²) in [7, 11) is 3.46. The number of hydrogen-bond acceptors (Lipinski definition) is 10. The van der Waals surface area contributed by atoms with E-state index >= 15 is 0 Å². The fourth-order valence-corrected chi connectivity index (χ4v) is 4.19. The molecule has 1 aromatic rings. The number of ether oxygens (including phenoxy) is 1. The van der Waals surface area contributed by atoms with Crippen molar-refractivity contribution < 1.29 is 9.53 Å². The van der Waals surface area contributed by atoms with E-state index in [0.29, 0.717) is 29.9 Å². The van der Waals surface area contributed by atoms with Gasteiger partial charge in [-0.05, 0) is 38.1 Å². The van der Waals surface area contributed by atoms with Crippen molar-refractivity contribution in [1.82, 2.24) is 15.3 Å². The van der Waals surface area contributed by atoms with Gasteiger partial charge in [0.2, 0.25) is 0 Å². The van der Waals surface area contributed by atoms with Crippen molar-refractivity contribution in [3.05, 3.63) is 30.1 Å². The molecule has 5 rings (SSSR count). The predicted molar refractivity (Wildman–Crippen MR) is 131 cm³/mol. The number of benzene rings is 1. The Kier molecular flexibility index (Phi) is 5.98. The van der Waals surface area contributed by atoms with Crippen LogP contribution in [-0.4, -0.2) is 86.5 Å². The van der Waals surface area contributed by atoms with Crippen LogP contribution in [0.2, 0.25) is 0 Å². The molecule has 1 saturated heterocycles. The Morgan fingerprint density at radius 1 is 1.29 bits per heavy atom. The number of anilines is 3. The lowest BCUT2D eigenvalue weighted by atomic mass is 10.2. The number of nitriles is 1. The predicted octanol–water partition coefficient (Wildman–Crippen LogP) is 1.60. The number of nitrogens with zero attached hydrogens (tertiary/aromatic N) is 6. The SMILES string of the molecule is COC(=O)Nc1cc(NC2=CC(=NC3CC3)C3=NCC(C#N)N3N2)ccc1N1CCN(C)CC1. The summed E-state index contributed by atoms with van der Waals surface area (Å²) >= 11 is 0. The molecule has 11 heteroatoms. The van der Waals surface area contributed by atoms with Gasteiger partial charge in [-0.25, -0.2) is 9.80 Å². The zero-order valence-electron chi connectivity index (χ0n) is 19.4. The average Bonchev–Trinajstić information content (AvgIpc) is 3.56. The van der Waals surface area contributed by atoms with Crippen LogP contribution in [-0.2, 0) is 4.74 Å². The van der Waals surface area contributed by atoms with E-state index in [4.69, 9.17) is 9.73 Å². The van der Waals surface area contributed by atoms with E-state index < -0.39 is 6.09 Å². The summed E-state index contributed by atoms with van der Waals surface area (Å²) < 4.78 is 4.84. The second-order valence-corrected chi connectivity index (χ2v) is 8.86. The number of hydrazine groups is 1. The van der Waals surface area contributed by atoms with Gasteiger partial charge in [0, 0.05) is 37.9 Å². The number of carbonyl (C=O) groups is 1. The molecule has 4 aliphatic rings. The molecule has 1 amide bonds. The van der Waals surface area contributed by atoms with Gasteiger partial charge in [0.15, 0.2) is 11.9 Å². The minimum absolute atomic E-state index is 0.329. The Labute approximate surface area is 198 Å². The highest BCUT2D eigenvalue weighted by atomic mass is 16.5. The highest BCUT2D eigenvalue weighted by molar-refractivity contribution is 6.46. The molecule has 0 radical (unpaired) electrons. The first-order chi connectivity index (χ1) is 16.5. The molecule has 1 unspecified atom stereocenters. The van der Waals surface area contributed by atoms with E-state index in [1.807, 2.05) is 24.3 Å². The third-order valence-corrected chi connectivity index (χ3v) is 6.26. The lowest BCUT2D eigenvalue weighted by molar-refractivity contribution is 0.187. The summed E-state index contributed by atoms with van der Waals surface area (Å²) in [4.78, 5) is 25.9. The molecule has 1 atom stereocenters. The van der Waals surface area contributed by atoms with Crippen molar-refractivity contribution >= 4 is 34.7 Å². The van der Waals surface area contributed by atoms with Gasteiger partial charge in [-0.2, -0.15) is 5.26 Å². The number of nitrogens with one attached hydrogen (secondary N) is 3. The summed E-state index contributed by atoms with van der Waals surface area (Å²) in [5.74, 6) is 1.40. The number of fused-ring (bicyclic) bond motifs is 1. The summed E-state index contributed by atoms with van der Waals surface area (Å²) in [5.41, 5.74) is 6.44. The monoisotopic (exact) mass is 463 g/mol. The van der Waals surface area contributed by atoms with Crippen LogP contribution in [0, 0.1) is 11.3 Å². The van der Waals surface area contributed by atoms with Crippen molar-refractivity contribution in [1.29, 1.82) is 5.26 Å². The lowest BCUT2D eigenvalue weighted by Gasteiger charge is -2.35. The Bertz CT molecular complexity index is 1090. The molecule has 0 aromatic heterocycles. The molecule has 3 N–H and O–H groups in total. The maximum absolute atomic E-state index is 12.0. The number of hydrogen-bond donors (Lipinski definition) is 3. The lowest BCUT2D eigenvalue weighted by Crippen LogP contribution is -2.52. The second kappa shape index (κ2) is 9.23. The number of methoxy groups -OCH3 is 1. The summed E-state index contributed by atoms with van der Waals surface area (Å²) in [5, 5.41) is 17.5. The van der Waals surface area contributed by atoms with Crippen molar-refractivity contribution in [2.45, 2.75) is 24.9 Å². The van der Waals surface area contributed by atoms with Gasteiger partial charge < -0.3 is 19.9 Å². The normalized spacial score (nSPS) is 23.4. The Balaban J connectivity index is 1.41. The maximum atomic E-state index is 12.0. The third-order valence-electron chi connectivity index (χ3n) is 6.26. The highest BCUT2D eigenvalue weighted by Gasteiger charge is 2.35. The molecular weight excluding hydrogens is 434 g/mol. The quantitative estimate of drug-likeness (QED) is 0.602. The van der Waals surface area contributed by atoms with Gasteiger partial charge >= 0.3 is 6.09 Å². The largest absolute Gasteiger partial charge is 0.453 e. The standard InChI is InChI=1S/C23H29N9O2/c1-30-7-9-31(10-8-30)20-6-5-16(11-18(20)28-23(33)34-2)27-21-12-19(26-15-3-4-15)22-25-14-17(13-24)32(22)29-21/h5-6,11-12,15,17,27,29H,3-4,7-10,14H2,1-2H3,(H,28,33). The molecule has 3 aliphatic heterocycles. The third kappa shape index (κ3) is 4.63. The number of likely N-dealkylation sites (N-methyl/N-ethyl adjacent to an activating group) is 1. The number of carbonyl (C=O) groups excluding carboxylic acids is 1. The van der Waals surface area contributed by atoms with E-state index in [-0.39, 0.29) is 6.04 Å². The first-order valence-electron chi connectivity index (χ1n) is 11.5. The van der Waals surface area contributed by atoms with Crippen LogP contribution in [0.3, 0.4) is 0 Å². The van der Waals surface area contributed by atoms with E-state index in [0.717, 1.165) is 56.1 Å². The molecule has 1 aromatic carbocycles. The van der Waals surface area contributed by atoms with Crippen molar-refractivity contribution in [3.63, 3.8) is 0 Å². The van der Waals surface area contributed by atoms with Crippen LogP contribution >= 0.6 is 0 Å². The first kappa shape index (κ1) is 22.0. The zero-order valence-corrected chi connectivity index (χ0v) is 19.4. The van der Waals surface area contributed by atoms with Crippen LogP contribution in [0.1, 0.15) is 12.8 Å². The molecule has 34 heavy (non-hydrogen) atoms. The van der Waals surface area contributed by atoms with Gasteiger partial charge in [0.25, 0.3) is 0 Å². The molecular formula is C23H29N9O2. The van der Waals surface area contributed by atoms with Gasteiger partial charge in [-0.1, -0.05) is 0 Å². The molecule has 1 saturated carbocycles. The Morgan fingerprint density at radius 3 is 2.79 bits per heavy atom. The summed E-state index contributed by atoms with van der Waals surface area (Å²) in [6, 6.07) is 8.10.